The highest BCUT2D eigenvalue weighted by Crippen LogP contribution is 2.34. The van der Waals surface area contributed by atoms with Gasteiger partial charge in [-0.15, -0.1) is 12.4 Å². The molecule has 0 aliphatic rings. The van der Waals surface area contributed by atoms with Crippen molar-refractivity contribution in [3.05, 3.63) is 34.3 Å². The molecule has 0 amide bonds. The van der Waals surface area contributed by atoms with Crippen LogP contribution in [0.4, 0.5) is 8.78 Å². The fourth-order valence-electron chi connectivity index (χ4n) is 1.35. The van der Waals surface area contributed by atoms with Crippen LogP contribution in [0.5, 0.6) is 0 Å². The van der Waals surface area contributed by atoms with Gasteiger partial charge in [-0.1, -0.05) is 23.7 Å². The summed E-state index contributed by atoms with van der Waals surface area (Å²) in [6, 6.07) is 3.22. The molecule has 0 spiro atoms. The van der Waals surface area contributed by atoms with Gasteiger partial charge in [0, 0.05) is 5.02 Å². The molecule has 0 aliphatic heterocycles. The lowest BCUT2D eigenvalue weighted by atomic mass is 9.97. The third-order valence-electron chi connectivity index (χ3n) is 2.25. The molecule has 0 aromatic heterocycles. The summed E-state index contributed by atoms with van der Waals surface area (Å²) in [7, 11) is 0. The van der Waals surface area contributed by atoms with Crippen molar-refractivity contribution in [2.75, 3.05) is 6.61 Å². The molecule has 2 nitrogen and oxygen atoms in total. The largest absolute Gasteiger partial charge is 0.390 e. The van der Waals surface area contributed by atoms with Gasteiger partial charge in [-0.2, -0.15) is 0 Å². The van der Waals surface area contributed by atoms with Crippen LogP contribution in [0.1, 0.15) is 17.2 Å². The number of alkyl halides is 2. The monoisotopic (exact) mass is 271 g/mol. The Bertz CT molecular complexity index is 340. The summed E-state index contributed by atoms with van der Waals surface area (Å²) in [5.41, 5.74) is 6.16. The molecule has 0 saturated heterocycles. The number of benzene rings is 1. The van der Waals surface area contributed by atoms with Crippen LogP contribution in [0.25, 0.3) is 0 Å². The Labute approximate surface area is 104 Å². The Morgan fingerprint density at radius 3 is 2.50 bits per heavy atom. The number of rotatable bonds is 3. The first-order valence-corrected chi connectivity index (χ1v) is 4.77. The molecule has 1 rings (SSSR count). The van der Waals surface area contributed by atoms with E-state index in [1.54, 1.807) is 19.1 Å². The molecule has 0 unspecified atom stereocenters. The van der Waals surface area contributed by atoms with Gasteiger partial charge in [0.1, 0.15) is 6.61 Å². The van der Waals surface area contributed by atoms with E-state index < -0.39 is 18.6 Å². The fourth-order valence-corrected chi connectivity index (χ4v) is 1.69. The van der Waals surface area contributed by atoms with Crippen molar-refractivity contribution in [2.24, 2.45) is 5.73 Å². The lowest BCUT2D eigenvalue weighted by molar-refractivity contribution is -0.0712. The molecular weight excluding hydrogens is 259 g/mol. The Morgan fingerprint density at radius 2 is 2.06 bits per heavy atom. The second-order valence-corrected chi connectivity index (χ2v) is 3.77. The van der Waals surface area contributed by atoms with E-state index in [0.717, 1.165) is 0 Å². The first kappa shape index (κ1) is 15.6. The molecular formula is C10H13Cl2F2NO. The third-order valence-corrected chi connectivity index (χ3v) is 2.58. The van der Waals surface area contributed by atoms with Gasteiger partial charge in [0.15, 0.2) is 0 Å². The summed E-state index contributed by atoms with van der Waals surface area (Å²) in [4.78, 5) is 0. The maximum absolute atomic E-state index is 13.2. The van der Waals surface area contributed by atoms with E-state index in [0.29, 0.717) is 5.56 Å². The molecule has 0 aliphatic carbocycles. The lowest BCUT2D eigenvalue weighted by Gasteiger charge is -2.24. The molecule has 1 aromatic carbocycles. The Kier molecular flexibility index (Phi) is 5.62. The molecule has 0 fully saturated rings. The van der Waals surface area contributed by atoms with E-state index in [1.807, 2.05) is 0 Å². The van der Waals surface area contributed by atoms with Crippen LogP contribution in [0.2, 0.25) is 5.02 Å². The van der Waals surface area contributed by atoms with E-state index in [-0.39, 0.29) is 23.0 Å². The van der Waals surface area contributed by atoms with Gasteiger partial charge < -0.3 is 10.8 Å². The molecule has 16 heavy (non-hydrogen) atoms. The highest BCUT2D eigenvalue weighted by molar-refractivity contribution is 6.31. The molecule has 0 bridgehead atoms. The maximum Gasteiger partial charge on any atom is 0.289 e. The number of aliphatic hydroxyl groups is 1. The van der Waals surface area contributed by atoms with Crippen LogP contribution in [0.3, 0.4) is 0 Å². The maximum atomic E-state index is 13.2. The van der Waals surface area contributed by atoms with Crippen molar-refractivity contribution in [1.82, 2.24) is 0 Å². The van der Waals surface area contributed by atoms with Crippen LogP contribution >= 0.6 is 24.0 Å². The third kappa shape index (κ3) is 3.04. The molecule has 1 atom stereocenters. The normalized spacial score (nSPS) is 13.1. The van der Waals surface area contributed by atoms with Gasteiger partial charge in [0.2, 0.25) is 0 Å². The smallest absolute Gasteiger partial charge is 0.289 e. The molecule has 3 N–H and O–H groups in total. The fraction of sp³-hybridized carbons (Fsp3) is 0.400. The molecule has 1 aromatic rings. The van der Waals surface area contributed by atoms with Crippen molar-refractivity contribution < 1.29 is 13.9 Å². The second-order valence-electron chi connectivity index (χ2n) is 3.37. The standard InChI is InChI=1S/C10H12ClF2NO.ClH/c1-6-3-2-4-7(11)8(6)9(14)10(12,13)5-15;/h2-4,9,15H,5,14H2,1H3;1H/t9-;/m1./s1. The van der Waals surface area contributed by atoms with Crippen molar-refractivity contribution >= 4 is 24.0 Å². The van der Waals surface area contributed by atoms with Crippen LogP contribution < -0.4 is 5.73 Å². The van der Waals surface area contributed by atoms with Crippen molar-refractivity contribution in [3.8, 4) is 0 Å². The van der Waals surface area contributed by atoms with Gasteiger partial charge in [0.25, 0.3) is 5.92 Å². The van der Waals surface area contributed by atoms with Crippen molar-refractivity contribution in [1.29, 1.82) is 0 Å². The average molecular weight is 272 g/mol. The van der Waals surface area contributed by atoms with Crippen LogP contribution in [-0.4, -0.2) is 17.6 Å². The SMILES string of the molecule is Cc1cccc(Cl)c1[C@@H](N)C(F)(F)CO.Cl. The summed E-state index contributed by atoms with van der Waals surface area (Å²) in [5.74, 6) is -3.37. The summed E-state index contributed by atoms with van der Waals surface area (Å²) in [6.45, 7) is 0.355. The molecule has 6 heteroatoms. The summed E-state index contributed by atoms with van der Waals surface area (Å²) in [6.07, 6.45) is 0. The van der Waals surface area contributed by atoms with Gasteiger partial charge >= 0.3 is 0 Å². The minimum Gasteiger partial charge on any atom is -0.390 e. The zero-order chi connectivity index (χ0) is 11.6. The molecule has 92 valence electrons. The molecule has 0 heterocycles. The predicted molar refractivity (Wildman–Crippen MR) is 62.4 cm³/mol. The number of hydrogen-bond acceptors (Lipinski definition) is 2. The minimum absolute atomic E-state index is 0. The molecule has 0 saturated carbocycles. The molecule has 0 radical (unpaired) electrons. The topological polar surface area (TPSA) is 46.2 Å². The van der Waals surface area contributed by atoms with E-state index in [1.165, 1.54) is 6.07 Å². The Balaban J connectivity index is 0.00000225. The summed E-state index contributed by atoms with van der Waals surface area (Å²) < 4.78 is 26.3. The van der Waals surface area contributed by atoms with Gasteiger partial charge in [-0.3, -0.25) is 0 Å². The quantitative estimate of drug-likeness (QED) is 0.888. The summed E-state index contributed by atoms with van der Waals surface area (Å²) >= 11 is 5.79. The van der Waals surface area contributed by atoms with Crippen molar-refractivity contribution in [2.45, 2.75) is 18.9 Å². The van der Waals surface area contributed by atoms with E-state index >= 15 is 0 Å². The highest BCUT2D eigenvalue weighted by Gasteiger charge is 2.38. The van der Waals surface area contributed by atoms with E-state index in [9.17, 15) is 8.78 Å². The average Bonchev–Trinajstić information content (AvgIpc) is 2.17. The van der Waals surface area contributed by atoms with Gasteiger partial charge in [-0.25, -0.2) is 8.78 Å². The highest BCUT2D eigenvalue weighted by atomic mass is 35.5. The number of aliphatic hydroxyl groups excluding tert-OH is 1. The van der Waals surface area contributed by atoms with Crippen LogP contribution in [-0.2, 0) is 0 Å². The summed E-state index contributed by atoms with van der Waals surface area (Å²) in [5, 5.41) is 8.72. The minimum atomic E-state index is -3.37. The predicted octanol–water partition coefficient (Wildman–Crippen LogP) is 2.70. The first-order chi connectivity index (χ1) is 6.90. The lowest BCUT2D eigenvalue weighted by Crippen LogP contribution is -2.36. The second kappa shape index (κ2) is 5.77. The Morgan fingerprint density at radius 1 is 1.50 bits per heavy atom. The van der Waals surface area contributed by atoms with Gasteiger partial charge in [-0.05, 0) is 24.1 Å². The van der Waals surface area contributed by atoms with Crippen LogP contribution in [0, 0.1) is 6.92 Å². The number of halogens is 4. The van der Waals surface area contributed by atoms with E-state index in [2.05, 4.69) is 0 Å². The zero-order valence-corrected chi connectivity index (χ0v) is 10.2. The Hall–Kier alpha value is -0.420. The van der Waals surface area contributed by atoms with Gasteiger partial charge in [0.05, 0.1) is 6.04 Å². The number of aryl methyl sites for hydroxylation is 1. The van der Waals surface area contributed by atoms with E-state index in [4.69, 9.17) is 22.4 Å². The number of hydrogen-bond donors (Lipinski definition) is 2. The zero-order valence-electron chi connectivity index (χ0n) is 8.58. The number of nitrogens with two attached hydrogens (primary N) is 1. The van der Waals surface area contributed by atoms with Crippen LogP contribution in [0.15, 0.2) is 18.2 Å². The first-order valence-electron chi connectivity index (χ1n) is 4.39. The van der Waals surface area contributed by atoms with Crippen molar-refractivity contribution in [3.63, 3.8) is 0 Å².